The summed E-state index contributed by atoms with van der Waals surface area (Å²) in [7, 11) is 0. The average molecular weight is 358 g/mol. The fraction of sp³-hybridized carbons (Fsp3) is 0.100. The molecule has 0 aliphatic carbocycles. The Labute approximate surface area is 155 Å². The Morgan fingerprint density at radius 3 is 2.67 bits per heavy atom. The largest absolute Gasteiger partial charge is 0.331 e. The Morgan fingerprint density at radius 1 is 1.04 bits per heavy atom. The summed E-state index contributed by atoms with van der Waals surface area (Å²) in [6.45, 7) is 1.93. The number of fused-ring (bicyclic) bond motifs is 1. The van der Waals surface area contributed by atoms with E-state index in [1.165, 1.54) is 0 Å². The maximum Gasteiger partial charge on any atom is 0.320 e. The molecular weight excluding hydrogens is 340 g/mol. The number of anilines is 1. The first kappa shape index (κ1) is 16.7. The lowest BCUT2D eigenvalue weighted by atomic mass is 10.1. The summed E-state index contributed by atoms with van der Waals surface area (Å²) in [5, 5.41) is 12.4. The standard InChI is InChI=1S/C20H18N6O/c1-13(14-5-3-2-4-6-14)24-20(27)26-19-8-7-17-18(25-19)9-15(10-21-17)16-11-22-23-12-16/h2-13H,1H3,(H,22,23)(H2,24,25,26,27)/t13-/m1/s1. The molecule has 0 saturated heterocycles. The van der Waals surface area contributed by atoms with Gasteiger partial charge in [0.1, 0.15) is 5.82 Å². The molecule has 2 amide bonds. The van der Waals surface area contributed by atoms with E-state index in [9.17, 15) is 4.79 Å². The van der Waals surface area contributed by atoms with Crippen LogP contribution in [0.3, 0.4) is 0 Å². The highest BCUT2D eigenvalue weighted by atomic mass is 16.2. The van der Waals surface area contributed by atoms with E-state index < -0.39 is 0 Å². The van der Waals surface area contributed by atoms with E-state index in [1.54, 1.807) is 24.7 Å². The van der Waals surface area contributed by atoms with Crippen molar-refractivity contribution in [3.63, 3.8) is 0 Å². The van der Waals surface area contributed by atoms with Crippen molar-refractivity contribution >= 4 is 22.9 Å². The van der Waals surface area contributed by atoms with Crippen LogP contribution in [0.15, 0.2) is 67.1 Å². The maximum atomic E-state index is 12.3. The van der Waals surface area contributed by atoms with Crippen LogP contribution in [-0.4, -0.2) is 26.2 Å². The molecule has 0 radical (unpaired) electrons. The Morgan fingerprint density at radius 2 is 1.89 bits per heavy atom. The molecule has 3 aromatic heterocycles. The number of amides is 2. The van der Waals surface area contributed by atoms with Crippen molar-refractivity contribution < 1.29 is 4.79 Å². The topological polar surface area (TPSA) is 95.6 Å². The van der Waals surface area contributed by atoms with Gasteiger partial charge in [0.2, 0.25) is 0 Å². The molecule has 0 aliphatic heterocycles. The minimum atomic E-state index is -0.308. The predicted molar refractivity (Wildman–Crippen MR) is 104 cm³/mol. The highest BCUT2D eigenvalue weighted by Gasteiger charge is 2.10. The van der Waals surface area contributed by atoms with Crippen molar-refractivity contribution in [2.45, 2.75) is 13.0 Å². The highest BCUT2D eigenvalue weighted by molar-refractivity contribution is 5.90. The van der Waals surface area contributed by atoms with Crippen LogP contribution in [0.25, 0.3) is 22.2 Å². The number of aromatic nitrogens is 4. The van der Waals surface area contributed by atoms with Crippen molar-refractivity contribution in [2.75, 3.05) is 5.32 Å². The van der Waals surface area contributed by atoms with Crippen molar-refractivity contribution in [1.29, 1.82) is 0 Å². The Balaban J connectivity index is 1.50. The zero-order chi connectivity index (χ0) is 18.6. The number of hydrogen-bond acceptors (Lipinski definition) is 4. The molecule has 1 aromatic carbocycles. The summed E-state index contributed by atoms with van der Waals surface area (Å²) in [5.74, 6) is 0.464. The van der Waals surface area contributed by atoms with E-state index in [2.05, 4.69) is 30.8 Å². The van der Waals surface area contributed by atoms with Crippen molar-refractivity contribution in [1.82, 2.24) is 25.5 Å². The van der Waals surface area contributed by atoms with Crippen LogP contribution in [0.1, 0.15) is 18.5 Å². The second-order valence-electron chi connectivity index (χ2n) is 6.18. The van der Waals surface area contributed by atoms with Gasteiger partial charge >= 0.3 is 6.03 Å². The molecule has 3 heterocycles. The number of aromatic amines is 1. The Bertz CT molecular complexity index is 1060. The van der Waals surface area contributed by atoms with Crippen LogP contribution in [0.2, 0.25) is 0 Å². The predicted octanol–water partition coefficient (Wildman–Crippen LogP) is 3.90. The number of H-pyrrole nitrogens is 1. The second kappa shape index (κ2) is 7.25. The first-order valence-corrected chi connectivity index (χ1v) is 8.57. The van der Waals surface area contributed by atoms with E-state index >= 15 is 0 Å². The summed E-state index contributed by atoms with van der Waals surface area (Å²) in [6.07, 6.45) is 5.29. The number of pyridine rings is 2. The molecule has 4 rings (SSSR count). The third kappa shape index (κ3) is 3.77. The highest BCUT2D eigenvalue weighted by Crippen LogP contribution is 2.21. The number of urea groups is 1. The Hall–Kier alpha value is -3.74. The van der Waals surface area contributed by atoms with Gasteiger partial charge in [0.05, 0.1) is 23.3 Å². The number of nitrogens with one attached hydrogen (secondary N) is 3. The smallest absolute Gasteiger partial charge is 0.320 e. The van der Waals surface area contributed by atoms with Crippen LogP contribution in [0.5, 0.6) is 0 Å². The van der Waals surface area contributed by atoms with E-state index in [0.29, 0.717) is 11.3 Å². The fourth-order valence-electron chi connectivity index (χ4n) is 2.82. The van der Waals surface area contributed by atoms with Gasteiger partial charge < -0.3 is 5.32 Å². The number of rotatable bonds is 4. The quantitative estimate of drug-likeness (QED) is 0.515. The van der Waals surface area contributed by atoms with Gasteiger partial charge in [-0.25, -0.2) is 9.78 Å². The number of hydrogen-bond donors (Lipinski definition) is 3. The molecule has 1 atom stereocenters. The van der Waals surface area contributed by atoms with Crippen molar-refractivity contribution in [2.24, 2.45) is 0 Å². The molecule has 0 bridgehead atoms. The summed E-state index contributed by atoms with van der Waals surface area (Å²) in [4.78, 5) is 21.2. The van der Waals surface area contributed by atoms with Crippen LogP contribution in [0.4, 0.5) is 10.6 Å². The summed E-state index contributed by atoms with van der Waals surface area (Å²) >= 11 is 0. The van der Waals surface area contributed by atoms with Gasteiger partial charge in [0, 0.05) is 23.5 Å². The SMILES string of the molecule is C[C@@H](NC(=O)Nc1ccc2ncc(-c3cn[nH]c3)cc2n1)c1ccccc1. The lowest BCUT2D eigenvalue weighted by Crippen LogP contribution is -2.31. The second-order valence-corrected chi connectivity index (χ2v) is 6.18. The number of benzene rings is 1. The lowest BCUT2D eigenvalue weighted by Gasteiger charge is -2.14. The first-order chi connectivity index (χ1) is 13.2. The zero-order valence-electron chi connectivity index (χ0n) is 14.7. The van der Waals surface area contributed by atoms with E-state index in [4.69, 9.17) is 0 Å². The van der Waals surface area contributed by atoms with Crippen LogP contribution >= 0.6 is 0 Å². The average Bonchev–Trinajstić information content (AvgIpc) is 3.23. The summed E-state index contributed by atoms with van der Waals surface area (Å²) in [6, 6.07) is 14.9. The minimum Gasteiger partial charge on any atom is -0.331 e. The molecule has 27 heavy (non-hydrogen) atoms. The molecule has 7 heteroatoms. The maximum absolute atomic E-state index is 12.3. The third-order valence-electron chi connectivity index (χ3n) is 4.26. The molecule has 134 valence electrons. The normalized spacial score (nSPS) is 11.9. The van der Waals surface area contributed by atoms with Crippen LogP contribution in [-0.2, 0) is 0 Å². The number of carbonyl (C=O) groups is 1. The Kier molecular flexibility index (Phi) is 4.49. The summed E-state index contributed by atoms with van der Waals surface area (Å²) in [5.41, 5.74) is 4.32. The van der Waals surface area contributed by atoms with E-state index in [1.807, 2.05) is 49.4 Å². The summed E-state index contributed by atoms with van der Waals surface area (Å²) < 4.78 is 0. The molecule has 0 fully saturated rings. The van der Waals surface area contributed by atoms with Crippen LogP contribution < -0.4 is 10.6 Å². The molecule has 4 aromatic rings. The monoisotopic (exact) mass is 358 g/mol. The number of nitrogens with zero attached hydrogens (tertiary/aromatic N) is 3. The molecule has 0 saturated carbocycles. The molecule has 0 unspecified atom stereocenters. The zero-order valence-corrected chi connectivity index (χ0v) is 14.7. The minimum absolute atomic E-state index is 0.110. The van der Waals surface area contributed by atoms with Gasteiger partial charge in [-0.05, 0) is 30.7 Å². The van der Waals surface area contributed by atoms with Gasteiger partial charge in [-0.2, -0.15) is 5.10 Å². The molecule has 3 N–H and O–H groups in total. The van der Waals surface area contributed by atoms with Crippen molar-refractivity contribution in [3.8, 4) is 11.1 Å². The number of carbonyl (C=O) groups excluding carboxylic acids is 1. The molecule has 7 nitrogen and oxygen atoms in total. The fourth-order valence-corrected chi connectivity index (χ4v) is 2.82. The van der Waals surface area contributed by atoms with Gasteiger partial charge in [-0.1, -0.05) is 30.3 Å². The third-order valence-corrected chi connectivity index (χ3v) is 4.26. The lowest BCUT2D eigenvalue weighted by molar-refractivity contribution is 0.249. The molecule has 0 aliphatic rings. The van der Waals surface area contributed by atoms with Crippen molar-refractivity contribution in [3.05, 3.63) is 72.7 Å². The van der Waals surface area contributed by atoms with Gasteiger partial charge in [0.15, 0.2) is 0 Å². The van der Waals surface area contributed by atoms with Crippen LogP contribution in [0, 0.1) is 0 Å². The van der Waals surface area contributed by atoms with Gasteiger partial charge in [-0.3, -0.25) is 15.4 Å². The van der Waals surface area contributed by atoms with Gasteiger partial charge in [0.25, 0.3) is 0 Å². The van der Waals surface area contributed by atoms with E-state index in [-0.39, 0.29) is 12.1 Å². The first-order valence-electron chi connectivity index (χ1n) is 8.57. The van der Waals surface area contributed by atoms with E-state index in [0.717, 1.165) is 22.2 Å². The molecular formula is C20H18N6O. The van der Waals surface area contributed by atoms with Gasteiger partial charge in [-0.15, -0.1) is 0 Å². The molecule has 0 spiro atoms.